The van der Waals surface area contributed by atoms with E-state index in [0.29, 0.717) is 28.3 Å². The van der Waals surface area contributed by atoms with E-state index < -0.39 is 0 Å². The van der Waals surface area contributed by atoms with Crippen molar-refractivity contribution in [3.63, 3.8) is 0 Å². The Morgan fingerprint density at radius 1 is 1.24 bits per heavy atom. The van der Waals surface area contributed by atoms with E-state index in [1.54, 1.807) is 0 Å². The Morgan fingerprint density at radius 3 is 2.68 bits per heavy atom. The first-order valence-electron chi connectivity index (χ1n) is 14.6. The van der Waals surface area contributed by atoms with Gasteiger partial charge in [-0.1, -0.05) is 30.6 Å². The highest BCUT2D eigenvalue weighted by molar-refractivity contribution is 6.06. The van der Waals surface area contributed by atoms with E-state index in [2.05, 4.69) is 46.2 Å². The van der Waals surface area contributed by atoms with Gasteiger partial charge in [-0.15, -0.1) is 0 Å². The number of aromatic nitrogens is 1. The van der Waals surface area contributed by atoms with E-state index in [-0.39, 0.29) is 6.17 Å². The zero-order chi connectivity index (χ0) is 26.7. The fourth-order valence-corrected chi connectivity index (χ4v) is 5.75. The van der Waals surface area contributed by atoms with Crippen LogP contribution in [-0.2, 0) is 0 Å². The van der Waals surface area contributed by atoms with E-state index in [9.17, 15) is 4.48 Å². The van der Waals surface area contributed by atoms with E-state index >= 15 is 0 Å². The fraction of sp³-hybridized carbons (Fsp3) is 0.613. The molecule has 2 aliphatic carbocycles. The van der Waals surface area contributed by atoms with Crippen LogP contribution in [0.4, 0.5) is 4.48 Å². The van der Waals surface area contributed by atoms with Gasteiger partial charge < -0.3 is 10.2 Å². The number of fused-ring (bicyclic) bond motifs is 1. The molecule has 0 aromatic carbocycles. The minimum Gasteiger partial charge on any atom is -0.379 e. The standard InChI is InChI=1S/C31H45FN6/c1-5-38(32)24(3)29(34-25-12-10-13-25)23(2)36(21-11-16-31(4)17-18-31)20-9-7-15-28-35-30(27-22-37(27)28)26-14-6-8-19-33-26/h5-6,8,14,19,25,27-28,34H,1-2,7,9-13,15-18,20-22H2,3-4H3/b29-24-. The van der Waals surface area contributed by atoms with E-state index in [1.165, 1.54) is 31.9 Å². The number of aliphatic imine (C=N–C) groups is 1. The Balaban J connectivity index is 1.20. The van der Waals surface area contributed by atoms with Gasteiger partial charge in [-0.05, 0) is 88.7 Å². The number of nitrogens with one attached hydrogen (secondary N) is 1. The van der Waals surface area contributed by atoms with Gasteiger partial charge in [0.15, 0.2) is 0 Å². The first-order valence-corrected chi connectivity index (χ1v) is 14.6. The Bertz CT molecular complexity index is 1060. The Kier molecular flexibility index (Phi) is 8.22. The molecule has 0 radical (unpaired) electrons. The molecule has 0 bridgehead atoms. The van der Waals surface area contributed by atoms with Crippen LogP contribution >= 0.6 is 0 Å². The Labute approximate surface area is 228 Å². The molecule has 4 aliphatic rings. The quantitative estimate of drug-likeness (QED) is 0.122. The number of allylic oxidation sites excluding steroid dienone is 1. The molecule has 1 N–H and O–H groups in total. The summed E-state index contributed by atoms with van der Waals surface area (Å²) < 4.78 is 14.6. The van der Waals surface area contributed by atoms with Crippen molar-refractivity contribution in [3.05, 3.63) is 66.5 Å². The molecule has 38 heavy (non-hydrogen) atoms. The van der Waals surface area contributed by atoms with Gasteiger partial charge in [0.05, 0.1) is 34.5 Å². The lowest BCUT2D eigenvalue weighted by Gasteiger charge is -2.35. The van der Waals surface area contributed by atoms with Crippen molar-refractivity contribution in [2.24, 2.45) is 10.4 Å². The smallest absolute Gasteiger partial charge is 0.103 e. The van der Waals surface area contributed by atoms with Crippen molar-refractivity contribution in [2.45, 2.75) is 96.3 Å². The predicted molar refractivity (Wildman–Crippen MR) is 153 cm³/mol. The van der Waals surface area contributed by atoms with Crippen molar-refractivity contribution in [1.29, 1.82) is 0 Å². The number of hydrogen-bond donors (Lipinski definition) is 1. The maximum Gasteiger partial charge on any atom is 0.103 e. The molecule has 0 spiro atoms. The molecule has 3 heterocycles. The molecule has 206 valence electrons. The van der Waals surface area contributed by atoms with Gasteiger partial charge in [-0.2, -0.15) is 5.12 Å². The minimum absolute atomic E-state index is 0.272. The molecule has 3 unspecified atom stereocenters. The summed E-state index contributed by atoms with van der Waals surface area (Å²) in [7, 11) is 0. The van der Waals surface area contributed by atoms with Crippen molar-refractivity contribution in [3.8, 4) is 0 Å². The average molecular weight is 521 g/mol. The van der Waals surface area contributed by atoms with E-state index in [1.807, 2.05) is 25.3 Å². The summed E-state index contributed by atoms with van der Waals surface area (Å²) in [4.78, 5) is 14.4. The fourth-order valence-electron chi connectivity index (χ4n) is 5.75. The Morgan fingerprint density at radius 2 is 2.03 bits per heavy atom. The molecule has 0 amide bonds. The highest BCUT2D eigenvalue weighted by Crippen LogP contribution is 2.49. The molecule has 5 rings (SSSR count). The first kappa shape index (κ1) is 26.9. The third-order valence-corrected chi connectivity index (χ3v) is 8.98. The lowest BCUT2D eigenvalue weighted by atomic mass is 9.92. The van der Waals surface area contributed by atoms with Crippen LogP contribution < -0.4 is 5.32 Å². The number of unbranched alkanes of at least 4 members (excludes halogenated alkanes) is 1. The number of nitrogens with zero attached hydrogens (tertiary/aromatic N) is 5. The number of pyridine rings is 1. The third kappa shape index (κ3) is 6.31. The monoisotopic (exact) mass is 520 g/mol. The molecule has 3 fully saturated rings. The minimum atomic E-state index is 0.272. The van der Waals surface area contributed by atoms with E-state index in [4.69, 9.17) is 4.99 Å². The van der Waals surface area contributed by atoms with Crippen LogP contribution in [0.1, 0.15) is 83.7 Å². The van der Waals surface area contributed by atoms with Crippen LogP contribution in [-0.4, -0.2) is 63.5 Å². The van der Waals surface area contributed by atoms with Crippen LogP contribution in [0, 0.1) is 5.41 Å². The maximum absolute atomic E-state index is 14.6. The van der Waals surface area contributed by atoms with Crippen molar-refractivity contribution in [2.75, 3.05) is 19.6 Å². The normalized spacial score (nSPS) is 25.4. The SMILES string of the molecule is C=CN(F)/C(C)=C(\NC1CCC1)C(=C)N(CCCCC1N=C(c2ccccn2)C2CN12)CCCC1(C)CC1. The number of halogens is 1. The van der Waals surface area contributed by atoms with E-state index in [0.717, 1.165) is 81.0 Å². The largest absolute Gasteiger partial charge is 0.379 e. The summed E-state index contributed by atoms with van der Waals surface area (Å²) >= 11 is 0. The topological polar surface area (TPSA) is 46.8 Å². The van der Waals surface area contributed by atoms with Gasteiger partial charge in [-0.3, -0.25) is 14.9 Å². The highest BCUT2D eigenvalue weighted by atomic mass is 19.2. The molecule has 3 atom stereocenters. The van der Waals surface area contributed by atoms with Gasteiger partial charge in [0, 0.05) is 38.1 Å². The second-order valence-corrected chi connectivity index (χ2v) is 12.0. The van der Waals surface area contributed by atoms with Crippen molar-refractivity contribution in [1.82, 2.24) is 25.2 Å². The average Bonchev–Trinajstić information content (AvgIpc) is 3.82. The van der Waals surface area contributed by atoms with Gasteiger partial charge in [0.25, 0.3) is 0 Å². The van der Waals surface area contributed by atoms with Crippen LogP contribution in [0.25, 0.3) is 0 Å². The molecule has 2 saturated carbocycles. The molecule has 6 nitrogen and oxygen atoms in total. The molecule has 7 heteroatoms. The molecule has 1 aromatic heterocycles. The second-order valence-electron chi connectivity index (χ2n) is 12.0. The summed E-state index contributed by atoms with van der Waals surface area (Å²) in [5.74, 6) is 0. The van der Waals surface area contributed by atoms with Gasteiger partial charge in [0.2, 0.25) is 0 Å². The summed E-state index contributed by atoms with van der Waals surface area (Å²) in [6.07, 6.45) is 15.1. The highest BCUT2D eigenvalue weighted by Gasteiger charge is 2.48. The first-order chi connectivity index (χ1) is 18.4. The lowest BCUT2D eigenvalue weighted by Crippen LogP contribution is -2.39. The summed E-state index contributed by atoms with van der Waals surface area (Å²) in [5, 5.41) is 4.23. The van der Waals surface area contributed by atoms with Gasteiger partial charge in [-0.25, -0.2) is 0 Å². The van der Waals surface area contributed by atoms with Crippen molar-refractivity contribution >= 4 is 5.71 Å². The number of rotatable bonds is 16. The molecule has 2 aliphatic heterocycles. The lowest BCUT2D eigenvalue weighted by molar-refractivity contribution is 0.135. The Hall–Kier alpha value is -2.67. The molecular weight excluding hydrogens is 475 g/mol. The summed E-state index contributed by atoms with van der Waals surface area (Å²) in [6.45, 7) is 15.3. The van der Waals surface area contributed by atoms with Crippen LogP contribution in [0.15, 0.2) is 65.8 Å². The number of hydrogen-bond acceptors (Lipinski definition) is 6. The van der Waals surface area contributed by atoms with Gasteiger partial charge in [0.1, 0.15) is 6.17 Å². The van der Waals surface area contributed by atoms with Crippen LogP contribution in [0.2, 0.25) is 0 Å². The molecule has 1 aromatic rings. The van der Waals surface area contributed by atoms with Crippen LogP contribution in [0.3, 0.4) is 0 Å². The second kappa shape index (κ2) is 11.6. The zero-order valence-electron chi connectivity index (χ0n) is 23.3. The zero-order valence-corrected chi connectivity index (χ0v) is 23.3. The molecular formula is C31H45FN6. The molecule has 1 saturated heterocycles. The summed E-state index contributed by atoms with van der Waals surface area (Å²) in [6, 6.07) is 6.92. The maximum atomic E-state index is 14.6. The summed E-state index contributed by atoms with van der Waals surface area (Å²) in [5.41, 5.74) is 4.97. The van der Waals surface area contributed by atoms with Gasteiger partial charge >= 0.3 is 0 Å². The third-order valence-electron chi connectivity index (χ3n) is 8.98. The predicted octanol–water partition coefficient (Wildman–Crippen LogP) is 6.16. The van der Waals surface area contributed by atoms with Crippen LogP contribution in [0.5, 0.6) is 0 Å². The van der Waals surface area contributed by atoms with Crippen molar-refractivity contribution < 1.29 is 4.48 Å².